The van der Waals surface area contributed by atoms with Crippen LogP contribution in [-0.4, -0.2) is 11.7 Å². The summed E-state index contributed by atoms with van der Waals surface area (Å²) in [6.45, 7) is 4.19. The van der Waals surface area contributed by atoms with E-state index >= 15 is 0 Å². The molecule has 0 amide bonds. The van der Waals surface area contributed by atoms with Crippen molar-refractivity contribution in [3.05, 3.63) is 90.4 Å². The Bertz CT molecular complexity index is 517. The summed E-state index contributed by atoms with van der Waals surface area (Å²) in [6.07, 6.45) is 5.79. The lowest BCUT2D eigenvalue weighted by molar-refractivity contribution is 0.302. The number of hydrogen-bond donors (Lipinski definition) is 1. The number of benzene rings is 2. The van der Waals surface area contributed by atoms with Gasteiger partial charge in [-0.1, -0.05) is 79.2 Å². The third-order valence-corrected chi connectivity index (χ3v) is 3.93. The zero-order valence-electron chi connectivity index (χ0n) is 13.1. The quantitative estimate of drug-likeness (QED) is 0.669. The third-order valence-electron chi connectivity index (χ3n) is 3.93. The van der Waals surface area contributed by atoms with E-state index in [4.69, 9.17) is 5.11 Å². The van der Waals surface area contributed by atoms with Crippen LogP contribution in [0, 0.1) is 6.92 Å². The van der Waals surface area contributed by atoms with E-state index < -0.39 is 0 Å². The second-order valence-corrected chi connectivity index (χ2v) is 5.56. The van der Waals surface area contributed by atoms with Crippen molar-refractivity contribution in [2.24, 2.45) is 0 Å². The third kappa shape index (κ3) is 4.85. The Morgan fingerprint density at radius 1 is 0.955 bits per heavy atom. The van der Waals surface area contributed by atoms with Gasteiger partial charge in [0.25, 0.3) is 0 Å². The number of hydrogen-bond acceptors (Lipinski definition) is 1. The van der Waals surface area contributed by atoms with Gasteiger partial charge in [-0.15, -0.1) is 0 Å². The lowest BCUT2D eigenvalue weighted by Gasteiger charge is -2.20. The summed E-state index contributed by atoms with van der Waals surface area (Å²) in [5.74, 6) is 0.360. The van der Waals surface area contributed by atoms with E-state index in [-0.39, 0.29) is 6.61 Å². The minimum Gasteiger partial charge on any atom is -0.396 e. The molecule has 0 aromatic heterocycles. The van der Waals surface area contributed by atoms with Gasteiger partial charge in [-0.3, -0.25) is 0 Å². The fourth-order valence-corrected chi connectivity index (χ4v) is 2.84. The molecule has 1 heteroatoms. The highest BCUT2D eigenvalue weighted by Gasteiger charge is 2.15. The van der Waals surface area contributed by atoms with Crippen molar-refractivity contribution in [1.29, 1.82) is 0 Å². The van der Waals surface area contributed by atoms with Gasteiger partial charge < -0.3 is 5.11 Å². The Balaban J connectivity index is 2.28. The van der Waals surface area contributed by atoms with Crippen molar-refractivity contribution in [2.75, 3.05) is 6.61 Å². The summed E-state index contributed by atoms with van der Waals surface area (Å²) in [7, 11) is 0. The second kappa shape index (κ2) is 9.22. The van der Waals surface area contributed by atoms with E-state index in [2.05, 4.69) is 73.7 Å². The average Bonchev–Trinajstić information content (AvgIpc) is 2.59. The first-order chi connectivity index (χ1) is 10.8. The van der Waals surface area contributed by atoms with Gasteiger partial charge in [0.1, 0.15) is 0 Å². The molecule has 22 heavy (non-hydrogen) atoms. The molecular weight excluding hydrogens is 268 g/mol. The maximum Gasteiger partial charge on any atom is 0.0465 e. The summed E-state index contributed by atoms with van der Waals surface area (Å²) in [6, 6.07) is 21.3. The van der Waals surface area contributed by atoms with Gasteiger partial charge >= 0.3 is 0 Å². The lowest BCUT2D eigenvalue weighted by Crippen LogP contribution is -2.03. The van der Waals surface area contributed by atoms with Crippen LogP contribution in [0.25, 0.3) is 0 Å². The molecule has 2 aromatic carbocycles. The van der Waals surface area contributed by atoms with Gasteiger partial charge in [-0.05, 0) is 36.8 Å². The summed E-state index contributed by atoms with van der Waals surface area (Å²) in [5, 5.41) is 9.09. The molecule has 0 aliphatic carbocycles. The van der Waals surface area contributed by atoms with Gasteiger partial charge in [0.15, 0.2) is 0 Å². The summed E-state index contributed by atoms with van der Waals surface area (Å²) < 4.78 is 0. The van der Waals surface area contributed by atoms with Gasteiger partial charge in [-0.25, -0.2) is 0 Å². The van der Waals surface area contributed by atoms with Gasteiger partial charge in [0.2, 0.25) is 0 Å². The van der Waals surface area contributed by atoms with Crippen LogP contribution in [0.2, 0.25) is 0 Å². The van der Waals surface area contributed by atoms with E-state index in [9.17, 15) is 0 Å². The van der Waals surface area contributed by atoms with Crippen LogP contribution in [-0.2, 0) is 0 Å². The molecule has 2 rings (SSSR count). The molecule has 0 spiro atoms. The molecule has 1 nitrogen and oxygen atoms in total. The van der Waals surface area contributed by atoms with Gasteiger partial charge in [0.05, 0.1) is 0 Å². The molecule has 1 N–H and O–H groups in total. The Morgan fingerprint density at radius 3 is 1.95 bits per heavy atom. The second-order valence-electron chi connectivity index (χ2n) is 5.56. The lowest BCUT2D eigenvalue weighted by atomic mass is 9.84. The molecule has 1 radical (unpaired) electrons. The molecule has 0 aliphatic rings. The van der Waals surface area contributed by atoms with Crippen molar-refractivity contribution in [3.63, 3.8) is 0 Å². The van der Waals surface area contributed by atoms with Crippen LogP contribution in [0.15, 0.2) is 72.3 Å². The SMILES string of the molecule is [CH2]CCC(=CCCO)CC(c1ccccc1)c1ccccc1. The van der Waals surface area contributed by atoms with E-state index in [1.165, 1.54) is 16.7 Å². The van der Waals surface area contributed by atoms with Crippen molar-refractivity contribution in [3.8, 4) is 0 Å². The van der Waals surface area contributed by atoms with E-state index in [0.717, 1.165) is 25.7 Å². The van der Waals surface area contributed by atoms with E-state index in [1.807, 2.05) is 0 Å². The zero-order chi connectivity index (χ0) is 15.6. The highest BCUT2D eigenvalue weighted by molar-refractivity contribution is 5.34. The van der Waals surface area contributed by atoms with Crippen LogP contribution in [0.3, 0.4) is 0 Å². The zero-order valence-corrected chi connectivity index (χ0v) is 13.1. The molecule has 115 valence electrons. The summed E-state index contributed by atoms with van der Waals surface area (Å²) in [5.41, 5.74) is 4.07. The topological polar surface area (TPSA) is 20.2 Å². The Hall–Kier alpha value is -1.86. The Kier molecular flexibility index (Phi) is 6.92. The molecule has 0 bridgehead atoms. The fraction of sp³-hybridized carbons (Fsp3) is 0.286. The molecule has 0 aliphatic heterocycles. The largest absolute Gasteiger partial charge is 0.396 e. The van der Waals surface area contributed by atoms with Gasteiger partial charge in [0, 0.05) is 12.5 Å². The number of rotatable bonds is 8. The van der Waals surface area contributed by atoms with E-state index in [0.29, 0.717) is 5.92 Å². The number of allylic oxidation sites excluding steroid dienone is 1. The molecule has 0 saturated carbocycles. The number of aliphatic hydroxyl groups excluding tert-OH is 1. The highest BCUT2D eigenvalue weighted by atomic mass is 16.2. The predicted octanol–water partition coefficient (Wildman–Crippen LogP) is 5.13. The van der Waals surface area contributed by atoms with Gasteiger partial charge in [-0.2, -0.15) is 0 Å². The van der Waals surface area contributed by atoms with Crippen molar-refractivity contribution < 1.29 is 5.11 Å². The predicted molar refractivity (Wildman–Crippen MR) is 93.7 cm³/mol. The molecule has 2 aromatic rings. The molecule has 0 saturated heterocycles. The monoisotopic (exact) mass is 293 g/mol. The normalized spacial score (nSPS) is 11.9. The smallest absolute Gasteiger partial charge is 0.0465 e. The fourth-order valence-electron chi connectivity index (χ4n) is 2.84. The van der Waals surface area contributed by atoms with Crippen molar-refractivity contribution in [1.82, 2.24) is 0 Å². The minimum atomic E-state index is 0.210. The summed E-state index contributed by atoms with van der Waals surface area (Å²) >= 11 is 0. The Labute approximate surface area is 134 Å². The van der Waals surface area contributed by atoms with Crippen LogP contribution in [0.1, 0.15) is 42.7 Å². The minimum absolute atomic E-state index is 0.210. The molecule has 0 atom stereocenters. The molecule has 0 fully saturated rings. The molecular formula is C21H25O. The molecule has 0 unspecified atom stereocenters. The van der Waals surface area contributed by atoms with Crippen molar-refractivity contribution in [2.45, 2.75) is 31.6 Å². The maximum atomic E-state index is 9.09. The van der Waals surface area contributed by atoms with Crippen LogP contribution < -0.4 is 0 Å². The summed E-state index contributed by atoms with van der Waals surface area (Å²) in [4.78, 5) is 0. The van der Waals surface area contributed by atoms with Crippen LogP contribution >= 0.6 is 0 Å². The number of aliphatic hydroxyl groups is 1. The maximum absolute atomic E-state index is 9.09. The van der Waals surface area contributed by atoms with Crippen LogP contribution in [0.5, 0.6) is 0 Å². The first-order valence-corrected chi connectivity index (χ1v) is 8.03. The average molecular weight is 293 g/mol. The van der Waals surface area contributed by atoms with Crippen LogP contribution in [0.4, 0.5) is 0 Å². The van der Waals surface area contributed by atoms with E-state index in [1.54, 1.807) is 0 Å². The van der Waals surface area contributed by atoms with Crippen molar-refractivity contribution >= 4 is 0 Å². The highest BCUT2D eigenvalue weighted by Crippen LogP contribution is 2.32. The first kappa shape index (κ1) is 16.5. The Morgan fingerprint density at radius 2 is 1.50 bits per heavy atom. The first-order valence-electron chi connectivity index (χ1n) is 8.03. The molecule has 0 heterocycles. The standard InChI is InChI=1S/C21H25O/c1-2-10-18(11-9-16-22)17-21(19-12-5-3-6-13-19)20-14-7-4-8-15-20/h3-8,11-15,21-22H,1-2,9-10,16-17H2.